The van der Waals surface area contributed by atoms with E-state index in [0.29, 0.717) is 129 Å². The van der Waals surface area contributed by atoms with Crippen molar-refractivity contribution < 1.29 is 45.5 Å². The fraction of sp³-hybridized carbons (Fsp3) is 0.325. The van der Waals surface area contributed by atoms with E-state index in [1.54, 1.807) is 144 Å². The molecule has 0 radical (unpaired) electrons. The number of nitrogens with zero attached hydrogens (tertiary/aromatic N) is 9. The Morgan fingerprint density at radius 1 is 0.514 bits per heavy atom. The van der Waals surface area contributed by atoms with E-state index < -0.39 is 15.7 Å². The van der Waals surface area contributed by atoms with Gasteiger partial charge in [0.2, 0.25) is 0 Å². The molecule has 109 heavy (non-hydrogen) atoms. The molecule has 4 fully saturated rings. The minimum Gasteiger partial charge on any atom is -0.445 e. The van der Waals surface area contributed by atoms with Crippen molar-refractivity contribution in [3.8, 4) is 17.1 Å². The normalized spacial score (nSPS) is 20.6. The maximum absolute atomic E-state index is 13.5. The molecule has 16 rings (SSSR count). The van der Waals surface area contributed by atoms with E-state index in [4.69, 9.17) is 105 Å². The van der Waals surface area contributed by atoms with Crippen LogP contribution >= 0.6 is 105 Å². The third-order valence-corrected chi connectivity index (χ3v) is 25.3. The molecule has 0 bridgehead atoms. The Balaban J connectivity index is 0.000000137. The van der Waals surface area contributed by atoms with Gasteiger partial charge in [0.25, 0.3) is 17.7 Å². The second-order valence-electron chi connectivity index (χ2n) is 27.4. The Hall–Kier alpha value is -7.02. The Kier molecular flexibility index (Phi) is 24.9. The smallest absolute Gasteiger partial charge is 0.286 e. The number of rotatable bonds is 16. The second kappa shape index (κ2) is 34.5. The molecular weight excluding hydrogens is 1600 g/mol. The summed E-state index contributed by atoms with van der Waals surface area (Å²) in [7, 11) is -0.254. The van der Waals surface area contributed by atoms with Gasteiger partial charge in [-0.2, -0.15) is 38.8 Å². The topological polar surface area (TPSA) is 216 Å². The lowest BCUT2D eigenvalue weighted by atomic mass is 10.0. The number of amides is 3. The van der Waals surface area contributed by atoms with Crippen LogP contribution in [0.25, 0.3) is 52.0 Å². The Labute approximate surface area is 672 Å². The van der Waals surface area contributed by atoms with Gasteiger partial charge in [-0.05, 0) is 199 Å². The number of fused-ring (bicyclic) bond motifs is 4. The van der Waals surface area contributed by atoms with Crippen molar-refractivity contribution in [2.75, 3.05) is 70.9 Å². The summed E-state index contributed by atoms with van der Waals surface area (Å²) in [6.07, 6.45) is 13.1. The van der Waals surface area contributed by atoms with Gasteiger partial charge in [0.05, 0.1) is 86.0 Å². The Morgan fingerprint density at radius 3 is 1.35 bits per heavy atom. The molecule has 2 unspecified atom stereocenters. The van der Waals surface area contributed by atoms with E-state index in [0.717, 1.165) is 96.7 Å². The average molecular weight is 1680 g/mol. The molecule has 20 nitrogen and oxygen atoms in total. The first-order valence-corrected chi connectivity index (χ1v) is 42.0. The molecule has 10 heterocycles. The highest BCUT2D eigenvalue weighted by molar-refractivity contribution is 7.99. The van der Waals surface area contributed by atoms with Crippen molar-refractivity contribution in [2.24, 2.45) is 11.8 Å². The van der Waals surface area contributed by atoms with E-state index in [9.17, 15) is 31.6 Å². The van der Waals surface area contributed by atoms with E-state index in [-0.39, 0.29) is 58.0 Å². The van der Waals surface area contributed by atoms with Crippen molar-refractivity contribution in [1.29, 1.82) is 0 Å². The van der Waals surface area contributed by atoms with Crippen LogP contribution in [0.2, 0.25) is 35.4 Å². The molecule has 1 aliphatic carbocycles. The van der Waals surface area contributed by atoms with E-state index >= 15 is 0 Å². The molecule has 4 aromatic heterocycles. The van der Waals surface area contributed by atoms with Crippen LogP contribution in [0.15, 0.2) is 120 Å². The van der Waals surface area contributed by atoms with E-state index in [1.807, 2.05) is 27.2 Å². The number of furan rings is 1. The third kappa shape index (κ3) is 17.9. The number of hydrazine groups is 3. The predicted octanol–water partition coefficient (Wildman–Crippen LogP) is 17.0. The molecule has 3 amide bonds. The van der Waals surface area contributed by atoms with Crippen LogP contribution in [0.3, 0.4) is 0 Å². The van der Waals surface area contributed by atoms with Crippen LogP contribution in [-0.2, 0) is 36.6 Å². The Bertz CT molecular complexity index is 4960. The first kappa shape index (κ1) is 78.7. The number of aromatic nitrogens is 6. The minimum absolute atomic E-state index is 0.0460. The number of methoxy groups -OCH3 is 2. The fourth-order valence-corrected chi connectivity index (χ4v) is 20.2. The Morgan fingerprint density at radius 2 is 0.936 bits per heavy atom. The summed E-state index contributed by atoms with van der Waals surface area (Å²) in [6, 6.07) is 31.5. The first-order valence-electron chi connectivity index (χ1n) is 35.2. The minimum atomic E-state index is -3.58. The number of carbonyl (C=O) groups excluding carboxylic acids is 3. The molecule has 6 aliphatic heterocycles. The summed E-state index contributed by atoms with van der Waals surface area (Å²) in [5, 5.41) is 22.8. The molecule has 4 atom stereocenters. The number of sulfone groups is 1. The SMILES string of the molecule is COC[C@@H]1CCCN1NC(=O)c1nn(-c2ccc(Cl)cc2Cl)c2c1CSC/C2=C\c1ccc(F)cc1.COC[C@H]1CCCN1NC(=O)c1nn(-c2ccc(Cl)cc2Cl)c2c1CSC/C2=C\c1ccc(F)cc1.O=C(NN1CC2CCCC2C1)c1nn(-c2ccc(Cl)cc2Cl)c2c1CS(=O)(=O)C/C2=C\c1ccc(Cl)o1. The monoisotopic (exact) mass is 1670 g/mol. The lowest BCUT2D eigenvalue weighted by molar-refractivity contribution is 0.0600. The molecule has 570 valence electrons. The highest BCUT2D eigenvalue weighted by Gasteiger charge is 2.41. The quantitative estimate of drug-likeness (QED) is 0.0820. The van der Waals surface area contributed by atoms with Crippen LogP contribution in [0.5, 0.6) is 0 Å². The zero-order valence-corrected chi connectivity index (χ0v) is 66.6. The van der Waals surface area contributed by atoms with Crippen molar-refractivity contribution in [3.63, 3.8) is 0 Å². The van der Waals surface area contributed by atoms with Crippen LogP contribution in [0.1, 0.15) is 127 Å². The zero-order valence-electron chi connectivity index (χ0n) is 58.9. The number of carbonyl (C=O) groups is 3. The summed E-state index contributed by atoms with van der Waals surface area (Å²) in [4.78, 5) is 40.6. The summed E-state index contributed by atoms with van der Waals surface area (Å²) in [6.45, 7) is 4.18. The van der Waals surface area contributed by atoms with Gasteiger partial charge in [-0.3, -0.25) is 30.7 Å². The van der Waals surface area contributed by atoms with Crippen LogP contribution in [0.4, 0.5) is 8.78 Å². The predicted molar refractivity (Wildman–Crippen MR) is 429 cm³/mol. The number of nitrogens with one attached hydrogen (secondary N) is 3. The van der Waals surface area contributed by atoms with Gasteiger partial charge in [-0.1, -0.05) is 100 Å². The largest absolute Gasteiger partial charge is 0.445 e. The van der Waals surface area contributed by atoms with Gasteiger partial charge in [0.1, 0.15) is 17.4 Å². The molecule has 3 saturated heterocycles. The van der Waals surface area contributed by atoms with Gasteiger partial charge in [-0.15, -0.1) is 0 Å². The standard InChI is InChI=1S/2C26H25Cl2FN4O2S.C25H23Cl3N4O4S/c2*1-35-13-20-3-2-10-32(20)31-26(34)24-21-15-36-14-17(11-16-4-7-19(29)8-5-16)25(21)33(30-24)23-9-6-18(27)12-22(23)28;26-17-4-6-21(20(27)9-17)32-24-16(8-18-5-7-22(28)36-18)12-37(34,35)13-19(24)23(29-32)25(33)30-31-10-14-2-1-3-15(14)11-31/h2*4-9,11-12,20H,2-3,10,13-15H2,1H3,(H,31,34);4-9,14-15H,1-3,10-13H2,(H,30,33)/b2*17-11+;16-8+/t2*20-;/m10./s1. The van der Waals surface area contributed by atoms with Gasteiger partial charge >= 0.3 is 0 Å². The third-order valence-electron chi connectivity index (χ3n) is 20.0. The van der Waals surface area contributed by atoms with Crippen LogP contribution in [0, 0.1) is 23.5 Å². The van der Waals surface area contributed by atoms with Gasteiger partial charge in [0.15, 0.2) is 32.1 Å². The van der Waals surface area contributed by atoms with Gasteiger partial charge in [-0.25, -0.2) is 46.3 Å². The summed E-state index contributed by atoms with van der Waals surface area (Å²) < 4.78 is 74.1. The number of thioether (sulfide) groups is 2. The van der Waals surface area contributed by atoms with E-state index in [2.05, 4.69) is 21.4 Å². The number of ether oxygens (including phenoxy) is 2. The van der Waals surface area contributed by atoms with Crippen molar-refractivity contribution in [3.05, 3.63) is 230 Å². The number of benzene rings is 5. The second-order valence-corrected chi connectivity index (χ2v) is 34.3. The lowest BCUT2D eigenvalue weighted by Gasteiger charge is -2.24. The lowest BCUT2D eigenvalue weighted by Crippen LogP contribution is -2.47. The number of halogens is 9. The van der Waals surface area contributed by atoms with Gasteiger partial charge < -0.3 is 13.9 Å². The molecule has 0 spiro atoms. The van der Waals surface area contributed by atoms with Crippen LogP contribution in [-0.4, -0.2) is 153 Å². The maximum Gasteiger partial charge on any atom is 0.286 e. The van der Waals surface area contributed by atoms with Crippen molar-refractivity contribution in [2.45, 2.75) is 74.3 Å². The maximum atomic E-state index is 13.5. The van der Waals surface area contributed by atoms with E-state index in [1.165, 1.54) is 48.2 Å². The van der Waals surface area contributed by atoms with Gasteiger partial charge in [0, 0.05) is 95.2 Å². The molecule has 3 N–H and O–H groups in total. The molecular formula is C77H73Cl7F2N12O8S3. The summed E-state index contributed by atoms with van der Waals surface area (Å²) >= 11 is 47.4. The van der Waals surface area contributed by atoms with Crippen molar-refractivity contribution >= 4 is 167 Å². The number of hydrogen-bond donors (Lipinski definition) is 3. The molecule has 9 aromatic rings. The fourth-order valence-electron chi connectivity index (χ4n) is 15.0. The van der Waals surface area contributed by atoms with Crippen molar-refractivity contribution in [1.82, 2.24) is 60.6 Å². The summed E-state index contributed by atoms with van der Waals surface area (Å²) in [5.74, 6) is 2.09. The zero-order chi connectivity index (χ0) is 76.4. The number of hydrogen-bond acceptors (Lipinski definition) is 16. The highest BCUT2D eigenvalue weighted by atomic mass is 35.5. The molecule has 7 aliphatic rings. The summed E-state index contributed by atoms with van der Waals surface area (Å²) in [5.41, 5.74) is 19.8. The molecule has 5 aromatic carbocycles. The highest BCUT2D eigenvalue weighted by Crippen LogP contribution is 2.44. The van der Waals surface area contributed by atoms with Crippen LogP contribution < -0.4 is 16.3 Å². The molecule has 1 saturated carbocycles. The molecule has 32 heteroatoms. The average Bonchev–Trinajstić information content (AvgIpc) is 1.60. The first-order chi connectivity index (χ1) is 52.5.